The Kier molecular flexibility index (Phi) is 14.7. The predicted molar refractivity (Wildman–Crippen MR) is 98.0 cm³/mol. The van der Waals surface area contributed by atoms with Gasteiger partial charge in [0.1, 0.15) is 17.4 Å². The zero-order valence-corrected chi connectivity index (χ0v) is 15.7. The molecule has 0 aliphatic rings. The number of nitrogens with zero attached hydrogens (tertiary/aromatic N) is 2. The van der Waals surface area contributed by atoms with Crippen molar-refractivity contribution in [2.45, 2.75) is 40.7 Å². The van der Waals surface area contributed by atoms with Crippen LogP contribution in [0.2, 0.25) is 0 Å². The lowest BCUT2D eigenvalue weighted by atomic mass is 10.3. The first-order valence-electron chi connectivity index (χ1n) is 6.19. The summed E-state index contributed by atoms with van der Waals surface area (Å²) in [7, 11) is 0. The molecule has 6 heteroatoms. The normalized spacial score (nSPS) is 9.61. The van der Waals surface area contributed by atoms with Crippen LogP contribution in [0.4, 0.5) is 0 Å². The minimum Gasteiger partial charge on any atom is -0.356 e. The van der Waals surface area contributed by atoms with Gasteiger partial charge >= 0.3 is 0 Å². The Morgan fingerprint density at radius 2 is 1.67 bits per heavy atom. The summed E-state index contributed by atoms with van der Waals surface area (Å²) >= 11 is 14.9. The van der Waals surface area contributed by atoms with Crippen molar-refractivity contribution >= 4 is 57.9 Å². The number of thioether (sulfide) groups is 1. The van der Waals surface area contributed by atoms with E-state index >= 15 is 0 Å². The molecule has 0 heterocycles. The summed E-state index contributed by atoms with van der Waals surface area (Å²) in [6.07, 6.45) is 2.04. The summed E-state index contributed by atoms with van der Waals surface area (Å²) in [6, 6.07) is 0.472. The van der Waals surface area contributed by atoms with Gasteiger partial charge in [0.05, 0.1) is 0 Å². The average molecular weight is 328 g/mol. The van der Waals surface area contributed by atoms with Gasteiger partial charge in [0.15, 0.2) is 0 Å². The number of hydrogen-bond acceptors (Lipinski definition) is 2. The molecular formula is C12H27N2S4+. The fourth-order valence-corrected chi connectivity index (χ4v) is 2.86. The van der Waals surface area contributed by atoms with Crippen LogP contribution in [0.3, 0.4) is 0 Å². The molecule has 0 fully saturated rings. The van der Waals surface area contributed by atoms with Crippen LogP contribution in [0.5, 0.6) is 0 Å². The lowest BCUT2D eigenvalue weighted by Gasteiger charge is -2.24. The van der Waals surface area contributed by atoms with Gasteiger partial charge in [0.2, 0.25) is 0 Å². The van der Waals surface area contributed by atoms with Crippen molar-refractivity contribution in [3.8, 4) is 0 Å². The van der Waals surface area contributed by atoms with Crippen LogP contribution >= 0.6 is 49.2 Å². The Labute approximate surface area is 133 Å². The van der Waals surface area contributed by atoms with Crippen molar-refractivity contribution in [2.24, 2.45) is 0 Å². The molecule has 108 valence electrons. The Balaban J connectivity index is 0. The fourth-order valence-electron chi connectivity index (χ4n) is 1.34. The highest BCUT2D eigenvalue weighted by molar-refractivity contribution is 8.31. The molecule has 0 saturated carbocycles. The molecule has 0 amide bonds. The maximum absolute atomic E-state index is 4.88. The van der Waals surface area contributed by atoms with Gasteiger partial charge in [-0.2, -0.15) is 0 Å². The molecule has 0 N–H and O–H groups in total. The summed E-state index contributed by atoms with van der Waals surface area (Å²) in [4.78, 5) is 2.05. The fraction of sp³-hybridized carbons (Fsp3) is 0.833. The maximum atomic E-state index is 4.88. The van der Waals surface area contributed by atoms with Gasteiger partial charge in [-0.25, -0.2) is 4.58 Å². The smallest absolute Gasteiger partial charge is 0.266 e. The van der Waals surface area contributed by atoms with Gasteiger partial charge in [-0.3, -0.25) is 0 Å². The SMILES string of the molecule is CCN(C(=S)S)C(C)C.CC[N+](CC)=C(S)SC. The quantitative estimate of drug-likeness (QED) is 0.268. The van der Waals surface area contributed by atoms with Gasteiger partial charge in [-0.1, -0.05) is 36.6 Å². The van der Waals surface area contributed by atoms with E-state index in [2.05, 4.69) is 69.4 Å². The van der Waals surface area contributed by atoms with Crippen LogP contribution in [0.15, 0.2) is 0 Å². The van der Waals surface area contributed by atoms with Crippen LogP contribution in [-0.2, 0) is 0 Å². The molecule has 0 aromatic rings. The molecule has 0 aromatic heterocycles. The first kappa shape index (κ1) is 20.9. The molecule has 0 radical (unpaired) electrons. The Morgan fingerprint density at radius 1 is 1.22 bits per heavy atom. The van der Waals surface area contributed by atoms with Gasteiger partial charge in [0.25, 0.3) is 4.38 Å². The van der Waals surface area contributed by atoms with E-state index < -0.39 is 0 Å². The number of rotatable bonds is 4. The molecule has 0 rings (SSSR count). The molecular weight excluding hydrogens is 300 g/mol. The average Bonchev–Trinajstić information content (AvgIpc) is 2.31. The van der Waals surface area contributed by atoms with E-state index in [1.807, 2.05) is 6.26 Å². The van der Waals surface area contributed by atoms with E-state index in [-0.39, 0.29) is 0 Å². The summed E-state index contributed by atoms with van der Waals surface area (Å²) in [5, 5.41) is 0. The van der Waals surface area contributed by atoms with Crippen LogP contribution in [0.1, 0.15) is 34.6 Å². The van der Waals surface area contributed by atoms with Gasteiger partial charge in [0, 0.05) is 12.6 Å². The second-order valence-corrected chi connectivity index (χ2v) is 6.46. The van der Waals surface area contributed by atoms with Crippen LogP contribution in [0.25, 0.3) is 0 Å². The molecule has 0 aromatic carbocycles. The lowest BCUT2D eigenvalue weighted by molar-refractivity contribution is -0.515. The van der Waals surface area contributed by atoms with E-state index in [4.69, 9.17) is 12.2 Å². The molecule has 0 bridgehead atoms. The zero-order valence-electron chi connectivity index (χ0n) is 12.3. The van der Waals surface area contributed by atoms with Gasteiger partial charge < -0.3 is 4.90 Å². The summed E-state index contributed by atoms with van der Waals surface area (Å²) in [5.41, 5.74) is 0. The van der Waals surface area contributed by atoms with E-state index in [9.17, 15) is 0 Å². The number of hydrogen-bond donors (Lipinski definition) is 2. The second-order valence-electron chi connectivity index (χ2n) is 3.82. The highest BCUT2D eigenvalue weighted by Crippen LogP contribution is 2.02. The standard InChI is InChI=1S/2C6H13NS2/c1-4-7(5-2)6(8)9-3;1-4-7(5(2)3)6(8)9/h4-5H2,1-3H3;5H,4H2,1-3H3,(H,8,9)/p+1. The van der Waals surface area contributed by atoms with Crippen molar-refractivity contribution in [3.63, 3.8) is 0 Å². The molecule has 18 heavy (non-hydrogen) atoms. The monoisotopic (exact) mass is 327 g/mol. The first-order chi connectivity index (χ1) is 8.35. The van der Waals surface area contributed by atoms with Gasteiger partial charge in [-0.15, -0.1) is 12.6 Å². The van der Waals surface area contributed by atoms with E-state index in [0.717, 1.165) is 24.0 Å². The van der Waals surface area contributed by atoms with E-state index in [1.165, 1.54) is 0 Å². The molecule has 0 aliphatic carbocycles. The minimum absolute atomic E-state index is 0.472. The third kappa shape index (κ3) is 9.53. The van der Waals surface area contributed by atoms with Crippen molar-refractivity contribution in [1.29, 1.82) is 0 Å². The van der Waals surface area contributed by atoms with Crippen molar-refractivity contribution < 1.29 is 4.58 Å². The Hall–Kier alpha value is 0.610. The second kappa shape index (κ2) is 12.6. The highest BCUT2D eigenvalue weighted by Gasteiger charge is 2.05. The van der Waals surface area contributed by atoms with Crippen molar-refractivity contribution in [1.82, 2.24) is 4.90 Å². The van der Waals surface area contributed by atoms with Crippen LogP contribution < -0.4 is 0 Å². The number of thiol groups is 2. The summed E-state index contributed by atoms with van der Waals surface area (Å²) in [6.45, 7) is 13.6. The third-order valence-electron chi connectivity index (χ3n) is 2.43. The van der Waals surface area contributed by atoms with Gasteiger partial charge in [-0.05, 0) is 40.9 Å². The molecule has 0 saturated heterocycles. The van der Waals surface area contributed by atoms with Crippen LogP contribution in [-0.4, -0.2) is 50.1 Å². The number of thiocarbonyl (C=S) groups is 1. The Morgan fingerprint density at radius 3 is 1.72 bits per heavy atom. The predicted octanol–water partition coefficient (Wildman–Crippen LogP) is 3.62. The molecule has 0 unspecified atom stereocenters. The molecule has 0 atom stereocenters. The van der Waals surface area contributed by atoms with Crippen molar-refractivity contribution in [3.05, 3.63) is 0 Å². The third-order valence-corrected chi connectivity index (χ3v) is 4.37. The highest BCUT2D eigenvalue weighted by atomic mass is 32.2. The maximum Gasteiger partial charge on any atom is 0.266 e. The van der Waals surface area contributed by atoms with Crippen LogP contribution in [0, 0.1) is 0 Å². The molecule has 0 spiro atoms. The first-order valence-corrected chi connectivity index (χ1v) is 8.72. The summed E-state index contributed by atoms with van der Waals surface area (Å²) < 4.78 is 4.01. The lowest BCUT2D eigenvalue weighted by Crippen LogP contribution is -2.32. The summed E-state index contributed by atoms with van der Waals surface area (Å²) in [5.74, 6) is 0. The zero-order chi connectivity index (χ0) is 14.7. The Bertz CT molecular complexity index is 259. The van der Waals surface area contributed by atoms with Crippen molar-refractivity contribution in [2.75, 3.05) is 25.9 Å². The molecule has 0 aliphatic heterocycles. The van der Waals surface area contributed by atoms with E-state index in [1.54, 1.807) is 11.8 Å². The topological polar surface area (TPSA) is 6.25 Å². The minimum atomic E-state index is 0.472. The molecule has 2 nitrogen and oxygen atoms in total. The largest absolute Gasteiger partial charge is 0.356 e. The van der Waals surface area contributed by atoms with E-state index in [0.29, 0.717) is 10.4 Å².